The van der Waals surface area contributed by atoms with Crippen molar-refractivity contribution in [3.63, 3.8) is 0 Å². The molecule has 2 heterocycles. The summed E-state index contributed by atoms with van der Waals surface area (Å²) in [5.41, 5.74) is 4.60. The highest BCUT2D eigenvalue weighted by Crippen LogP contribution is 2.35. The zero-order chi connectivity index (χ0) is 23.0. The molecule has 172 valence electrons. The minimum atomic E-state index is -0.657. The maximum Gasteiger partial charge on any atom is 0.243 e. The largest absolute Gasteiger partial charge is 0.391 e. The second kappa shape index (κ2) is 9.06. The predicted octanol–water partition coefficient (Wildman–Crippen LogP) is 2.93. The highest BCUT2D eigenvalue weighted by molar-refractivity contribution is 5.89. The van der Waals surface area contributed by atoms with Crippen molar-refractivity contribution in [3.8, 4) is 11.3 Å². The number of aliphatic hydroxyl groups is 1. The van der Waals surface area contributed by atoms with Crippen molar-refractivity contribution in [3.05, 3.63) is 41.6 Å². The van der Waals surface area contributed by atoms with E-state index in [1.54, 1.807) is 4.90 Å². The van der Waals surface area contributed by atoms with E-state index in [2.05, 4.69) is 35.5 Å². The summed E-state index contributed by atoms with van der Waals surface area (Å²) in [6.07, 6.45) is 3.19. The van der Waals surface area contributed by atoms with Crippen molar-refractivity contribution >= 4 is 11.8 Å². The molecule has 7 heteroatoms. The molecule has 2 amide bonds. The lowest BCUT2D eigenvalue weighted by atomic mass is 9.96. The third-order valence-corrected chi connectivity index (χ3v) is 7.10. The van der Waals surface area contributed by atoms with Crippen LogP contribution in [0.3, 0.4) is 0 Å². The van der Waals surface area contributed by atoms with E-state index in [-0.39, 0.29) is 36.2 Å². The van der Waals surface area contributed by atoms with Crippen LogP contribution in [0.15, 0.2) is 30.5 Å². The maximum absolute atomic E-state index is 13.2. The molecule has 7 nitrogen and oxygen atoms in total. The molecular formula is C25H34N4O3. The number of β-amino-alcohol motifs (C(OH)–C–C–N with tert-alkyl or cyclic N) is 1. The average Bonchev–Trinajstić information content (AvgIpc) is 3.50. The zero-order valence-electron chi connectivity index (χ0n) is 19.4. The van der Waals surface area contributed by atoms with E-state index in [1.165, 1.54) is 5.56 Å². The van der Waals surface area contributed by atoms with Gasteiger partial charge < -0.3 is 15.3 Å². The Balaban J connectivity index is 1.48. The molecule has 4 atom stereocenters. The monoisotopic (exact) mass is 438 g/mol. The van der Waals surface area contributed by atoms with Gasteiger partial charge in [-0.2, -0.15) is 5.10 Å². The van der Waals surface area contributed by atoms with Gasteiger partial charge in [0.25, 0.3) is 0 Å². The van der Waals surface area contributed by atoms with Gasteiger partial charge in [-0.05, 0) is 48.9 Å². The summed E-state index contributed by atoms with van der Waals surface area (Å²) >= 11 is 0. The van der Waals surface area contributed by atoms with Gasteiger partial charge in [-0.15, -0.1) is 0 Å². The molecule has 1 aromatic heterocycles. The van der Waals surface area contributed by atoms with E-state index in [0.717, 1.165) is 36.2 Å². The molecule has 1 fully saturated rings. The number of rotatable bonds is 6. The number of benzene rings is 1. The van der Waals surface area contributed by atoms with Crippen LogP contribution in [-0.4, -0.2) is 50.3 Å². The fraction of sp³-hybridized carbons (Fsp3) is 0.560. The minimum absolute atomic E-state index is 0.0549. The van der Waals surface area contributed by atoms with Gasteiger partial charge in [0, 0.05) is 37.2 Å². The van der Waals surface area contributed by atoms with Crippen LogP contribution in [-0.2, 0) is 22.6 Å². The number of aliphatic hydroxyl groups excluding tert-OH is 1. The topological polar surface area (TPSA) is 87.5 Å². The molecule has 2 aliphatic rings. The molecule has 1 aliphatic carbocycles. The summed E-state index contributed by atoms with van der Waals surface area (Å²) in [4.78, 5) is 27.7. The van der Waals surface area contributed by atoms with Crippen molar-refractivity contribution < 1.29 is 14.7 Å². The molecular weight excluding hydrogens is 404 g/mol. The highest BCUT2D eigenvalue weighted by Gasteiger charge is 2.41. The van der Waals surface area contributed by atoms with Gasteiger partial charge in [0.05, 0.1) is 17.8 Å². The Morgan fingerprint density at radius 1 is 1.25 bits per heavy atom. The van der Waals surface area contributed by atoms with E-state index in [0.29, 0.717) is 6.42 Å². The fourth-order valence-electron chi connectivity index (χ4n) is 4.88. The summed E-state index contributed by atoms with van der Waals surface area (Å²) in [5.74, 6) is -0.223. The van der Waals surface area contributed by atoms with Gasteiger partial charge in [0.1, 0.15) is 6.04 Å². The van der Waals surface area contributed by atoms with Crippen molar-refractivity contribution in [2.24, 2.45) is 11.8 Å². The summed E-state index contributed by atoms with van der Waals surface area (Å²) in [7, 11) is 0. The molecule has 2 aromatic rings. The summed E-state index contributed by atoms with van der Waals surface area (Å²) < 4.78 is 1.98. The van der Waals surface area contributed by atoms with Crippen molar-refractivity contribution in [2.45, 2.75) is 71.7 Å². The first-order chi connectivity index (χ1) is 15.3. The van der Waals surface area contributed by atoms with Crippen molar-refractivity contribution in [2.75, 3.05) is 6.54 Å². The van der Waals surface area contributed by atoms with E-state index in [9.17, 15) is 14.7 Å². The highest BCUT2D eigenvalue weighted by atomic mass is 16.3. The lowest BCUT2D eigenvalue weighted by Crippen LogP contribution is -2.48. The molecule has 0 bridgehead atoms. The number of likely N-dealkylation sites (tertiary alicyclic amines) is 1. The second-order valence-corrected chi connectivity index (χ2v) is 9.47. The first kappa shape index (κ1) is 22.5. The van der Waals surface area contributed by atoms with Gasteiger partial charge in [-0.3, -0.25) is 14.3 Å². The minimum Gasteiger partial charge on any atom is -0.391 e. The standard InChI is InChI=1S/C25H34N4O3/c1-5-29-22(10-11-26-29)18-6-8-20-17(12-18)7-9-21(20)27-24(31)23-13-19(30)14-28(23)25(32)16(4)15(2)3/h6,8,10-12,15-16,19,21,23,30H,5,7,9,13-14H2,1-4H3,(H,27,31). The Morgan fingerprint density at radius 3 is 2.75 bits per heavy atom. The Bertz CT molecular complexity index is 999. The van der Waals surface area contributed by atoms with Crippen LogP contribution in [0.25, 0.3) is 11.3 Å². The number of hydrogen-bond acceptors (Lipinski definition) is 4. The van der Waals surface area contributed by atoms with Crippen molar-refractivity contribution in [1.82, 2.24) is 20.0 Å². The first-order valence-corrected chi connectivity index (χ1v) is 11.7. The average molecular weight is 439 g/mol. The number of carbonyl (C=O) groups excluding carboxylic acids is 2. The lowest BCUT2D eigenvalue weighted by Gasteiger charge is -2.29. The van der Waals surface area contributed by atoms with Crippen LogP contribution in [0.1, 0.15) is 57.7 Å². The van der Waals surface area contributed by atoms with E-state index >= 15 is 0 Å². The molecule has 1 aromatic carbocycles. The van der Waals surface area contributed by atoms with Gasteiger partial charge in [0.2, 0.25) is 11.8 Å². The smallest absolute Gasteiger partial charge is 0.243 e. The van der Waals surface area contributed by atoms with Crippen LogP contribution >= 0.6 is 0 Å². The summed E-state index contributed by atoms with van der Waals surface area (Å²) in [6.45, 7) is 9.01. The molecule has 0 radical (unpaired) electrons. The van der Waals surface area contributed by atoms with Gasteiger partial charge >= 0.3 is 0 Å². The fourth-order valence-corrected chi connectivity index (χ4v) is 4.88. The van der Waals surface area contributed by atoms with Crippen LogP contribution in [0, 0.1) is 11.8 Å². The molecule has 1 saturated heterocycles. The number of aryl methyl sites for hydroxylation is 2. The molecule has 0 saturated carbocycles. The molecule has 4 unspecified atom stereocenters. The maximum atomic E-state index is 13.2. The normalized spacial score (nSPS) is 23.4. The third kappa shape index (κ3) is 4.18. The Kier molecular flexibility index (Phi) is 6.38. The number of hydrogen-bond donors (Lipinski definition) is 2. The number of carbonyl (C=O) groups is 2. The molecule has 2 N–H and O–H groups in total. The quantitative estimate of drug-likeness (QED) is 0.726. The van der Waals surface area contributed by atoms with Gasteiger partial charge in [-0.1, -0.05) is 32.9 Å². The summed E-state index contributed by atoms with van der Waals surface area (Å²) in [6, 6.07) is 7.73. The molecule has 1 aliphatic heterocycles. The number of amides is 2. The molecule has 4 rings (SSSR count). The van der Waals surface area contributed by atoms with Crippen LogP contribution in [0.4, 0.5) is 0 Å². The Morgan fingerprint density at radius 2 is 2.03 bits per heavy atom. The molecule has 32 heavy (non-hydrogen) atoms. The first-order valence-electron chi connectivity index (χ1n) is 11.7. The van der Waals surface area contributed by atoms with Gasteiger partial charge in [-0.25, -0.2) is 0 Å². The number of aromatic nitrogens is 2. The van der Waals surface area contributed by atoms with Crippen LogP contribution in [0.2, 0.25) is 0 Å². The second-order valence-electron chi connectivity index (χ2n) is 9.47. The number of fused-ring (bicyclic) bond motifs is 1. The number of nitrogens with zero attached hydrogens (tertiary/aromatic N) is 3. The number of nitrogens with one attached hydrogen (secondary N) is 1. The predicted molar refractivity (Wildman–Crippen MR) is 123 cm³/mol. The zero-order valence-corrected chi connectivity index (χ0v) is 19.4. The Labute approximate surface area is 189 Å². The van der Waals surface area contributed by atoms with E-state index in [4.69, 9.17) is 0 Å². The van der Waals surface area contributed by atoms with Gasteiger partial charge in [0.15, 0.2) is 0 Å². The SMILES string of the molecule is CCn1nccc1-c1ccc2c(c1)CCC2NC(=O)C1CC(O)CN1C(=O)C(C)C(C)C. The van der Waals surface area contributed by atoms with Crippen LogP contribution in [0.5, 0.6) is 0 Å². The van der Waals surface area contributed by atoms with Crippen LogP contribution < -0.4 is 5.32 Å². The van der Waals surface area contributed by atoms with Crippen molar-refractivity contribution in [1.29, 1.82) is 0 Å². The Hall–Kier alpha value is -2.67. The lowest BCUT2D eigenvalue weighted by molar-refractivity contribution is -0.142. The summed E-state index contributed by atoms with van der Waals surface area (Å²) in [5, 5.41) is 17.7. The molecule has 0 spiro atoms. The van der Waals surface area contributed by atoms with E-state index < -0.39 is 12.1 Å². The third-order valence-electron chi connectivity index (χ3n) is 7.10. The van der Waals surface area contributed by atoms with E-state index in [1.807, 2.05) is 37.7 Å².